The van der Waals surface area contributed by atoms with Crippen LogP contribution in [0.4, 0.5) is 0 Å². The molecular formula is C7H9N3. The summed E-state index contributed by atoms with van der Waals surface area (Å²) in [7, 11) is 0. The molecule has 0 aromatic rings. The average Bonchev–Trinajstić information content (AvgIpc) is 2.28. The number of hydrogen-bond acceptors (Lipinski definition) is 3. The minimum atomic E-state index is 0.488. The molecule has 52 valence electrons. The SMILES string of the molecule is C1=CC2CNNC2=CN=C1. The fraction of sp³-hybridized carbons (Fsp3) is 0.286. The van der Waals surface area contributed by atoms with Crippen molar-refractivity contribution in [1.82, 2.24) is 10.9 Å². The Morgan fingerprint density at radius 1 is 1.60 bits per heavy atom. The first-order valence-electron chi connectivity index (χ1n) is 3.36. The lowest BCUT2D eigenvalue weighted by molar-refractivity contribution is 0.707. The van der Waals surface area contributed by atoms with E-state index in [9.17, 15) is 0 Å². The summed E-state index contributed by atoms with van der Waals surface area (Å²) in [6, 6.07) is 0. The summed E-state index contributed by atoms with van der Waals surface area (Å²) in [5.74, 6) is 0.488. The second kappa shape index (κ2) is 2.27. The highest BCUT2D eigenvalue weighted by atomic mass is 15.4. The van der Waals surface area contributed by atoms with Gasteiger partial charge in [0.1, 0.15) is 0 Å². The third-order valence-corrected chi connectivity index (χ3v) is 1.68. The monoisotopic (exact) mass is 135 g/mol. The summed E-state index contributed by atoms with van der Waals surface area (Å²) < 4.78 is 0. The number of nitrogens with one attached hydrogen (secondary N) is 2. The maximum Gasteiger partial charge on any atom is 0.0526 e. The summed E-state index contributed by atoms with van der Waals surface area (Å²) in [6.07, 6.45) is 7.76. The molecule has 2 aliphatic heterocycles. The van der Waals surface area contributed by atoms with E-state index in [4.69, 9.17) is 0 Å². The highest BCUT2D eigenvalue weighted by Gasteiger charge is 2.17. The Labute approximate surface area is 59.5 Å². The van der Waals surface area contributed by atoms with Crippen LogP contribution in [0.15, 0.2) is 29.0 Å². The quantitative estimate of drug-likeness (QED) is 0.497. The van der Waals surface area contributed by atoms with E-state index in [1.165, 1.54) is 0 Å². The van der Waals surface area contributed by atoms with E-state index in [0.29, 0.717) is 5.92 Å². The van der Waals surface area contributed by atoms with Gasteiger partial charge in [0.15, 0.2) is 0 Å². The molecule has 0 saturated carbocycles. The van der Waals surface area contributed by atoms with Crippen molar-refractivity contribution >= 4 is 6.21 Å². The van der Waals surface area contributed by atoms with Crippen molar-refractivity contribution in [2.24, 2.45) is 10.9 Å². The Morgan fingerprint density at radius 2 is 2.60 bits per heavy atom. The molecule has 1 unspecified atom stereocenters. The molecule has 2 aliphatic rings. The zero-order valence-electron chi connectivity index (χ0n) is 5.54. The number of nitrogens with zero attached hydrogens (tertiary/aromatic N) is 1. The first-order valence-corrected chi connectivity index (χ1v) is 3.36. The van der Waals surface area contributed by atoms with E-state index < -0.39 is 0 Å². The van der Waals surface area contributed by atoms with Gasteiger partial charge in [-0.2, -0.15) is 0 Å². The molecule has 2 heterocycles. The molecule has 2 rings (SSSR count). The van der Waals surface area contributed by atoms with Crippen molar-refractivity contribution in [2.45, 2.75) is 0 Å². The first-order chi connectivity index (χ1) is 4.97. The topological polar surface area (TPSA) is 36.4 Å². The number of hydrazine groups is 1. The summed E-state index contributed by atoms with van der Waals surface area (Å²) in [6.45, 7) is 0.964. The van der Waals surface area contributed by atoms with Crippen LogP contribution >= 0.6 is 0 Å². The largest absolute Gasteiger partial charge is 0.323 e. The van der Waals surface area contributed by atoms with Gasteiger partial charge in [-0.15, -0.1) is 0 Å². The third-order valence-electron chi connectivity index (χ3n) is 1.68. The van der Waals surface area contributed by atoms with Crippen LogP contribution in [0.1, 0.15) is 0 Å². The normalized spacial score (nSPS) is 28.8. The molecule has 0 aromatic carbocycles. The fourth-order valence-corrected chi connectivity index (χ4v) is 1.12. The number of fused-ring (bicyclic) bond motifs is 1. The van der Waals surface area contributed by atoms with E-state index in [-0.39, 0.29) is 0 Å². The number of hydrogen-bond donors (Lipinski definition) is 2. The van der Waals surface area contributed by atoms with Crippen molar-refractivity contribution in [3.05, 3.63) is 24.0 Å². The molecule has 0 spiro atoms. The van der Waals surface area contributed by atoms with E-state index in [0.717, 1.165) is 12.2 Å². The predicted octanol–water partition coefficient (Wildman–Crippen LogP) is 0.192. The van der Waals surface area contributed by atoms with Gasteiger partial charge in [0.05, 0.1) is 5.70 Å². The van der Waals surface area contributed by atoms with Gasteiger partial charge >= 0.3 is 0 Å². The molecule has 0 aromatic heterocycles. The molecule has 3 nitrogen and oxygen atoms in total. The Morgan fingerprint density at radius 3 is 3.60 bits per heavy atom. The molecule has 0 aliphatic carbocycles. The highest BCUT2D eigenvalue weighted by Crippen LogP contribution is 2.14. The maximum atomic E-state index is 4.04. The van der Waals surface area contributed by atoms with E-state index in [2.05, 4.69) is 21.9 Å². The van der Waals surface area contributed by atoms with Crippen molar-refractivity contribution in [1.29, 1.82) is 0 Å². The Bertz CT molecular complexity index is 215. The summed E-state index contributed by atoms with van der Waals surface area (Å²) in [5.41, 5.74) is 7.25. The highest BCUT2D eigenvalue weighted by molar-refractivity contribution is 5.72. The maximum absolute atomic E-state index is 4.04. The van der Waals surface area contributed by atoms with Crippen molar-refractivity contribution < 1.29 is 0 Å². The third kappa shape index (κ3) is 0.844. The summed E-state index contributed by atoms with van der Waals surface area (Å²) in [4.78, 5) is 4.04. The zero-order valence-corrected chi connectivity index (χ0v) is 5.54. The Hall–Kier alpha value is -1.09. The van der Waals surface area contributed by atoms with Crippen LogP contribution in [0, 0.1) is 5.92 Å². The van der Waals surface area contributed by atoms with Gasteiger partial charge in [-0.1, -0.05) is 6.08 Å². The molecule has 10 heavy (non-hydrogen) atoms. The first kappa shape index (κ1) is 5.68. The van der Waals surface area contributed by atoms with Crippen LogP contribution in [0.2, 0.25) is 0 Å². The number of rotatable bonds is 0. The molecule has 0 radical (unpaired) electrons. The minimum absolute atomic E-state index is 0.488. The Kier molecular flexibility index (Phi) is 1.29. The van der Waals surface area contributed by atoms with Gasteiger partial charge in [0.25, 0.3) is 0 Å². The van der Waals surface area contributed by atoms with E-state index >= 15 is 0 Å². The van der Waals surface area contributed by atoms with Crippen molar-refractivity contribution in [3.8, 4) is 0 Å². The standard InChI is InChI=1S/C7H9N3/c1-2-6-4-9-10-7(6)5-8-3-1/h1-3,5-6,9-10H,4H2. The predicted molar refractivity (Wildman–Crippen MR) is 40.3 cm³/mol. The fourth-order valence-electron chi connectivity index (χ4n) is 1.12. The van der Waals surface area contributed by atoms with Gasteiger partial charge in [0.2, 0.25) is 0 Å². The molecular weight excluding hydrogens is 126 g/mol. The summed E-state index contributed by atoms with van der Waals surface area (Å²) in [5, 5.41) is 0. The van der Waals surface area contributed by atoms with Crippen LogP contribution in [0.5, 0.6) is 0 Å². The molecule has 0 amide bonds. The molecule has 1 fully saturated rings. The lowest BCUT2D eigenvalue weighted by atomic mass is 10.1. The van der Waals surface area contributed by atoms with Gasteiger partial charge in [-0.3, -0.25) is 4.99 Å². The molecule has 3 heteroatoms. The van der Waals surface area contributed by atoms with Crippen LogP contribution in [-0.2, 0) is 0 Å². The van der Waals surface area contributed by atoms with Gasteiger partial charge in [-0.25, -0.2) is 5.43 Å². The van der Waals surface area contributed by atoms with Gasteiger partial charge in [-0.05, 0) is 6.08 Å². The lowest BCUT2D eigenvalue weighted by Crippen LogP contribution is -2.20. The van der Waals surface area contributed by atoms with E-state index in [1.807, 2.05) is 12.3 Å². The second-order valence-electron chi connectivity index (χ2n) is 2.38. The van der Waals surface area contributed by atoms with E-state index in [1.54, 1.807) is 6.21 Å². The smallest absolute Gasteiger partial charge is 0.0526 e. The molecule has 0 bridgehead atoms. The van der Waals surface area contributed by atoms with Crippen LogP contribution in [0.25, 0.3) is 0 Å². The van der Waals surface area contributed by atoms with Crippen molar-refractivity contribution in [3.63, 3.8) is 0 Å². The number of aliphatic imine (C=N–C) groups is 1. The molecule has 1 atom stereocenters. The van der Waals surface area contributed by atoms with Crippen LogP contribution in [-0.4, -0.2) is 12.8 Å². The van der Waals surface area contributed by atoms with Gasteiger partial charge < -0.3 is 5.43 Å². The molecule has 2 N–H and O–H groups in total. The van der Waals surface area contributed by atoms with Crippen LogP contribution < -0.4 is 10.9 Å². The summed E-state index contributed by atoms with van der Waals surface area (Å²) >= 11 is 0. The average molecular weight is 135 g/mol. The zero-order chi connectivity index (χ0) is 6.81. The number of allylic oxidation sites excluding steroid dienone is 1. The minimum Gasteiger partial charge on any atom is -0.323 e. The van der Waals surface area contributed by atoms with Gasteiger partial charge in [0, 0.05) is 24.9 Å². The second-order valence-corrected chi connectivity index (χ2v) is 2.38. The van der Waals surface area contributed by atoms with Crippen molar-refractivity contribution in [2.75, 3.05) is 6.54 Å². The lowest BCUT2D eigenvalue weighted by Gasteiger charge is -1.99. The van der Waals surface area contributed by atoms with Crippen LogP contribution in [0.3, 0.4) is 0 Å². The molecule has 1 saturated heterocycles. The Balaban J connectivity index is 2.29.